The summed E-state index contributed by atoms with van der Waals surface area (Å²) in [5, 5.41) is 3.06. The number of hydrogen-bond acceptors (Lipinski definition) is 3. The highest BCUT2D eigenvalue weighted by molar-refractivity contribution is 5.74. The Morgan fingerprint density at radius 3 is 2.71 bits per heavy atom. The van der Waals surface area contributed by atoms with Gasteiger partial charge in [-0.05, 0) is 12.8 Å². The summed E-state index contributed by atoms with van der Waals surface area (Å²) < 4.78 is 4.95. The molecule has 0 bridgehead atoms. The number of hydrogen-bond donors (Lipinski definition) is 2. The molecule has 1 unspecified atom stereocenters. The first-order valence-electron chi connectivity index (χ1n) is 6.39. The van der Waals surface area contributed by atoms with Crippen LogP contribution in [0.2, 0.25) is 0 Å². The van der Waals surface area contributed by atoms with Gasteiger partial charge in [0.2, 0.25) is 0 Å². The van der Waals surface area contributed by atoms with Crippen molar-refractivity contribution in [3.8, 4) is 0 Å². The molecular formula is C12H25N3O2. The Bertz CT molecular complexity index is 230. The maximum absolute atomic E-state index is 11.9. The van der Waals surface area contributed by atoms with E-state index < -0.39 is 0 Å². The molecule has 0 aromatic rings. The SMILES string of the molecule is COCC(N)CN(C)C(=O)NC1CCCCC1. The number of methoxy groups -OCH3 is 1. The number of urea groups is 1. The van der Waals surface area contributed by atoms with E-state index in [4.69, 9.17) is 10.5 Å². The number of ether oxygens (including phenoxy) is 1. The van der Waals surface area contributed by atoms with Crippen molar-refractivity contribution in [2.75, 3.05) is 27.3 Å². The van der Waals surface area contributed by atoms with Crippen molar-refractivity contribution < 1.29 is 9.53 Å². The Morgan fingerprint density at radius 2 is 2.12 bits per heavy atom. The van der Waals surface area contributed by atoms with E-state index in [1.807, 2.05) is 0 Å². The molecule has 5 nitrogen and oxygen atoms in total. The Hall–Kier alpha value is -0.810. The third-order valence-corrected chi connectivity index (χ3v) is 3.17. The molecule has 2 amide bonds. The molecule has 1 atom stereocenters. The minimum absolute atomic E-state index is 0.0246. The van der Waals surface area contributed by atoms with Gasteiger partial charge in [0.25, 0.3) is 0 Å². The monoisotopic (exact) mass is 243 g/mol. The lowest BCUT2D eigenvalue weighted by molar-refractivity contribution is 0.158. The molecule has 0 heterocycles. The minimum Gasteiger partial charge on any atom is -0.383 e. The summed E-state index contributed by atoms with van der Waals surface area (Å²) in [4.78, 5) is 13.5. The van der Waals surface area contributed by atoms with Gasteiger partial charge in [0.05, 0.1) is 6.61 Å². The fourth-order valence-corrected chi connectivity index (χ4v) is 2.23. The minimum atomic E-state index is -0.123. The summed E-state index contributed by atoms with van der Waals surface area (Å²) >= 11 is 0. The third-order valence-electron chi connectivity index (χ3n) is 3.17. The van der Waals surface area contributed by atoms with Gasteiger partial charge in [0.15, 0.2) is 0 Å². The number of carbonyl (C=O) groups excluding carboxylic acids is 1. The summed E-state index contributed by atoms with van der Waals surface area (Å²) in [6, 6.07) is 0.197. The molecular weight excluding hydrogens is 218 g/mol. The van der Waals surface area contributed by atoms with Crippen LogP contribution in [0.15, 0.2) is 0 Å². The van der Waals surface area contributed by atoms with Crippen LogP contribution < -0.4 is 11.1 Å². The highest BCUT2D eigenvalue weighted by Gasteiger charge is 2.18. The lowest BCUT2D eigenvalue weighted by atomic mass is 9.96. The number of amides is 2. The summed E-state index contributed by atoms with van der Waals surface area (Å²) in [5.41, 5.74) is 5.81. The van der Waals surface area contributed by atoms with E-state index in [2.05, 4.69) is 5.32 Å². The van der Waals surface area contributed by atoms with Crippen LogP contribution in [0, 0.1) is 0 Å². The van der Waals surface area contributed by atoms with E-state index in [1.165, 1.54) is 19.3 Å². The Kier molecular flexibility index (Phi) is 6.29. The van der Waals surface area contributed by atoms with E-state index in [-0.39, 0.29) is 12.1 Å². The molecule has 17 heavy (non-hydrogen) atoms. The van der Waals surface area contributed by atoms with Crippen molar-refractivity contribution in [2.45, 2.75) is 44.2 Å². The molecule has 1 rings (SSSR count). The number of rotatable bonds is 5. The number of nitrogens with two attached hydrogens (primary N) is 1. The molecule has 1 fully saturated rings. The topological polar surface area (TPSA) is 67.6 Å². The van der Waals surface area contributed by atoms with Crippen LogP contribution >= 0.6 is 0 Å². The van der Waals surface area contributed by atoms with E-state index >= 15 is 0 Å². The van der Waals surface area contributed by atoms with Crippen molar-refractivity contribution in [3.63, 3.8) is 0 Å². The van der Waals surface area contributed by atoms with Gasteiger partial charge in [-0.15, -0.1) is 0 Å². The fraction of sp³-hybridized carbons (Fsp3) is 0.917. The van der Waals surface area contributed by atoms with E-state index in [9.17, 15) is 4.79 Å². The number of nitrogens with zero attached hydrogens (tertiary/aromatic N) is 1. The molecule has 3 N–H and O–H groups in total. The molecule has 0 aliphatic heterocycles. The van der Waals surface area contributed by atoms with Crippen LogP contribution in [0.5, 0.6) is 0 Å². The second-order valence-electron chi connectivity index (χ2n) is 4.88. The molecule has 1 aliphatic rings. The predicted molar refractivity (Wildman–Crippen MR) is 67.9 cm³/mol. The van der Waals surface area contributed by atoms with Crippen molar-refractivity contribution in [1.82, 2.24) is 10.2 Å². The number of likely N-dealkylation sites (N-methyl/N-ethyl adjacent to an activating group) is 1. The average molecular weight is 243 g/mol. The molecule has 1 saturated carbocycles. The molecule has 0 radical (unpaired) electrons. The van der Waals surface area contributed by atoms with Crippen LogP contribution in [0.25, 0.3) is 0 Å². The second-order valence-corrected chi connectivity index (χ2v) is 4.88. The standard InChI is InChI=1S/C12H25N3O2/c1-15(8-10(13)9-17-2)12(16)14-11-6-4-3-5-7-11/h10-11H,3-9,13H2,1-2H3,(H,14,16). The Morgan fingerprint density at radius 1 is 1.47 bits per heavy atom. The first-order chi connectivity index (χ1) is 8.13. The van der Waals surface area contributed by atoms with Crippen molar-refractivity contribution in [3.05, 3.63) is 0 Å². The van der Waals surface area contributed by atoms with Crippen LogP contribution in [-0.4, -0.2) is 50.3 Å². The third kappa shape index (κ3) is 5.37. The molecule has 0 saturated heterocycles. The van der Waals surface area contributed by atoms with Gasteiger partial charge >= 0.3 is 6.03 Å². The predicted octanol–water partition coefficient (Wildman–Crippen LogP) is 0.934. The summed E-state index contributed by atoms with van der Waals surface area (Å²) in [7, 11) is 3.38. The van der Waals surface area contributed by atoms with Crippen LogP contribution in [0.4, 0.5) is 4.79 Å². The quantitative estimate of drug-likeness (QED) is 0.755. The number of nitrogens with one attached hydrogen (secondary N) is 1. The van der Waals surface area contributed by atoms with Crippen LogP contribution in [0.3, 0.4) is 0 Å². The van der Waals surface area contributed by atoms with Gasteiger partial charge in [-0.2, -0.15) is 0 Å². The van der Waals surface area contributed by atoms with Gasteiger partial charge in [-0.25, -0.2) is 4.79 Å². The highest BCUT2D eigenvalue weighted by Crippen LogP contribution is 2.17. The zero-order valence-electron chi connectivity index (χ0n) is 10.9. The molecule has 0 aromatic carbocycles. The maximum atomic E-state index is 11.9. The molecule has 5 heteroatoms. The Labute approximate surface area is 104 Å². The molecule has 1 aliphatic carbocycles. The lowest BCUT2D eigenvalue weighted by Gasteiger charge is -2.27. The van der Waals surface area contributed by atoms with Crippen molar-refractivity contribution in [2.24, 2.45) is 5.73 Å². The smallest absolute Gasteiger partial charge is 0.317 e. The van der Waals surface area contributed by atoms with Gasteiger partial charge in [-0.1, -0.05) is 19.3 Å². The van der Waals surface area contributed by atoms with Crippen molar-refractivity contribution >= 4 is 6.03 Å². The maximum Gasteiger partial charge on any atom is 0.317 e. The van der Waals surface area contributed by atoms with Crippen LogP contribution in [-0.2, 0) is 4.74 Å². The molecule has 0 aromatic heterocycles. The van der Waals surface area contributed by atoms with E-state index in [0.717, 1.165) is 12.8 Å². The lowest BCUT2D eigenvalue weighted by Crippen LogP contribution is -2.48. The molecule has 0 spiro atoms. The zero-order chi connectivity index (χ0) is 12.7. The first-order valence-corrected chi connectivity index (χ1v) is 6.39. The first kappa shape index (κ1) is 14.3. The van der Waals surface area contributed by atoms with Gasteiger partial charge in [0.1, 0.15) is 0 Å². The largest absolute Gasteiger partial charge is 0.383 e. The van der Waals surface area contributed by atoms with Crippen molar-refractivity contribution in [1.29, 1.82) is 0 Å². The van der Waals surface area contributed by atoms with Crippen LogP contribution in [0.1, 0.15) is 32.1 Å². The highest BCUT2D eigenvalue weighted by atomic mass is 16.5. The summed E-state index contributed by atoms with van der Waals surface area (Å²) in [5.74, 6) is 0. The van der Waals surface area contributed by atoms with Gasteiger partial charge in [0, 0.05) is 32.8 Å². The zero-order valence-corrected chi connectivity index (χ0v) is 10.9. The fourth-order valence-electron chi connectivity index (χ4n) is 2.23. The number of carbonyl (C=O) groups is 1. The van der Waals surface area contributed by atoms with Gasteiger partial charge < -0.3 is 20.7 Å². The van der Waals surface area contributed by atoms with E-state index in [0.29, 0.717) is 19.2 Å². The van der Waals surface area contributed by atoms with Gasteiger partial charge in [-0.3, -0.25) is 0 Å². The van der Waals surface area contributed by atoms with E-state index in [1.54, 1.807) is 19.1 Å². The normalized spacial score (nSPS) is 18.8. The summed E-state index contributed by atoms with van der Waals surface area (Å²) in [6.45, 7) is 0.993. The average Bonchev–Trinajstić information content (AvgIpc) is 2.30. The Balaban J connectivity index is 2.25. The molecule has 100 valence electrons. The second kappa shape index (κ2) is 7.50. The summed E-state index contributed by atoms with van der Waals surface area (Å²) in [6.07, 6.45) is 5.93.